The van der Waals surface area contributed by atoms with Crippen molar-refractivity contribution in [2.24, 2.45) is 0 Å². The number of anilines is 1. The molecule has 1 aliphatic rings. The summed E-state index contributed by atoms with van der Waals surface area (Å²) in [6.07, 6.45) is 0.753. The topological polar surface area (TPSA) is 57.7 Å². The van der Waals surface area contributed by atoms with Crippen LogP contribution in [-0.4, -0.2) is 66.8 Å². The molecule has 0 atom stereocenters. The number of nitrogens with one attached hydrogen (secondary N) is 1. The van der Waals surface area contributed by atoms with Crippen LogP contribution in [0.2, 0.25) is 0 Å². The van der Waals surface area contributed by atoms with Crippen LogP contribution >= 0.6 is 11.3 Å². The lowest BCUT2D eigenvalue weighted by atomic mass is 9.88. The number of aromatic nitrogens is 1. The van der Waals surface area contributed by atoms with Gasteiger partial charge in [0.15, 0.2) is 16.8 Å². The second-order valence-electron chi connectivity index (χ2n) is 9.70. The quantitative estimate of drug-likeness (QED) is 0.241. The molecule has 0 saturated carbocycles. The van der Waals surface area contributed by atoms with Crippen LogP contribution in [0.15, 0.2) is 84.2 Å². The Hall–Kier alpha value is -3.66. The highest BCUT2D eigenvalue weighted by atomic mass is 32.1. The van der Waals surface area contributed by atoms with Gasteiger partial charge in [0.2, 0.25) is 0 Å². The number of hydrogen-bond donors (Lipinski definition) is 1. The first-order valence-corrected chi connectivity index (χ1v) is 14.3. The van der Waals surface area contributed by atoms with Crippen molar-refractivity contribution < 1.29 is 18.3 Å². The summed E-state index contributed by atoms with van der Waals surface area (Å²) in [5.74, 6) is -1.70. The smallest absolute Gasteiger partial charge is 0.323 e. The predicted octanol–water partition coefficient (Wildman–Crippen LogP) is 6.48. The molecule has 2 amide bonds. The van der Waals surface area contributed by atoms with E-state index >= 15 is 0 Å². The number of carbonyl (C=O) groups excluding carboxylic acids is 1. The highest BCUT2D eigenvalue weighted by molar-refractivity contribution is 7.14. The van der Waals surface area contributed by atoms with Gasteiger partial charge < -0.3 is 9.64 Å². The first-order valence-electron chi connectivity index (χ1n) is 13.4. The summed E-state index contributed by atoms with van der Waals surface area (Å²) >= 11 is 1.25. The summed E-state index contributed by atoms with van der Waals surface area (Å²) in [5.41, 5.74) is 3.34. The van der Waals surface area contributed by atoms with Gasteiger partial charge in [-0.25, -0.2) is 18.6 Å². The van der Waals surface area contributed by atoms with Gasteiger partial charge in [-0.1, -0.05) is 60.7 Å². The molecule has 6 nitrogen and oxygen atoms in total. The minimum absolute atomic E-state index is 0.140. The Morgan fingerprint density at radius 3 is 2.27 bits per heavy atom. The number of carbonyl (C=O) groups is 1. The van der Waals surface area contributed by atoms with E-state index in [-0.39, 0.29) is 11.9 Å². The predicted molar refractivity (Wildman–Crippen MR) is 155 cm³/mol. The average Bonchev–Trinajstić information content (AvgIpc) is 3.46. The molecule has 0 spiro atoms. The average molecular weight is 563 g/mol. The van der Waals surface area contributed by atoms with E-state index in [0.29, 0.717) is 42.7 Å². The van der Waals surface area contributed by atoms with E-state index in [9.17, 15) is 13.6 Å². The monoisotopic (exact) mass is 562 g/mol. The highest BCUT2D eigenvalue weighted by Gasteiger charge is 2.21. The lowest BCUT2D eigenvalue weighted by Crippen LogP contribution is -2.44. The van der Waals surface area contributed by atoms with E-state index in [1.807, 2.05) is 41.3 Å². The van der Waals surface area contributed by atoms with Crippen molar-refractivity contribution in [1.82, 2.24) is 14.8 Å². The minimum Gasteiger partial charge on any atom is -0.379 e. The molecule has 0 aliphatic carbocycles. The largest absolute Gasteiger partial charge is 0.379 e. The van der Waals surface area contributed by atoms with Gasteiger partial charge in [0.1, 0.15) is 0 Å². The van der Waals surface area contributed by atoms with Crippen LogP contribution in [0.3, 0.4) is 0 Å². The van der Waals surface area contributed by atoms with E-state index < -0.39 is 11.6 Å². The zero-order valence-electron chi connectivity index (χ0n) is 22.1. The number of urea groups is 1. The second-order valence-corrected chi connectivity index (χ2v) is 10.6. The number of morpholine rings is 1. The molecule has 0 radical (unpaired) electrons. The van der Waals surface area contributed by atoms with Gasteiger partial charge in [0, 0.05) is 49.6 Å². The number of nitrogens with zero attached hydrogens (tertiary/aromatic N) is 3. The van der Waals surface area contributed by atoms with E-state index in [1.54, 1.807) is 5.38 Å². The lowest BCUT2D eigenvalue weighted by Gasteiger charge is -2.31. The van der Waals surface area contributed by atoms with Crippen molar-refractivity contribution in [3.63, 3.8) is 0 Å². The van der Waals surface area contributed by atoms with Crippen LogP contribution in [0.4, 0.5) is 18.7 Å². The zero-order valence-corrected chi connectivity index (χ0v) is 23.0. The van der Waals surface area contributed by atoms with Gasteiger partial charge in [-0.05, 0) is 35.7 Å². The number of rotatable bonds is 10. The van der Waals surface area contributed by atoms with E-state index in [4.69, 9.17) is 4.74 Å². The molecule has 2 heterocycles. The third-order valence-corrected chi connectivity index (χ3v) is 7.86. The third-order valence-electron chi connectivity index (χ3n) is 7.10. The number of hydrogen-bond acceptors (Lipinski definition) is 5. The molecule has 1 aromatic heterocycles. The van der Waals surface area contributed by atoms with Crippen LogP contribution in [0, 0.1) is 11.6 Å². The Morgan fingerprint density at radius 1 is 0.950 bits per heavy atom. The van der Waals surface area contributed by atoms with Crippen molar-refractivity contribution in [2.45, 2.75) is 12.3 Å². The number of amides is 2. The first-order chi connectivity index (χ1) is 19.6. The van der Waals surface area contributed by atoms with Crippen molar-refractivity contribution in [3.05, 3.63) is 107 Å². The number of thiazole rings is 1. The molecule has 5 rings (SSSR count). The molecule has 1 N–H and O–H groups in total. The lowest BCUT2D eigenvalue weighted by molar-refractivity contribution is 0.0351. The van der Waals surface area contributed by atoms with E-state index in [1.165, 1.54) is 28.5 Å². The number of halogens is 2. The van der Waals surface area contributed by atoms with Crippen molar-refractivity contribution >= 4 is 22.5 Å². The summed E-state index contributed by atoms with van der Waals surface area (Å²) < 4.78 is 32.6. The first kappa shape index (κ1) is 27.9. The Bertz CT molecular complexity index is 1340. The molecule has 4 aromatic rings. The van der Waals surface area contributed by atoms with E-state index in [0.717, 1.165) is 38.2 Å². The SMILES string of the molecule is O=C(Nc1nc(-c2ccc(F)c(F)c2)cs1)N(CCC(c1ccccc1)c1ccccc1)CCN1CCOCC1. The molecular formula is C31H32F2N4O2S. The number of ether oxygens (including phenoxy) is 1. The fourth-order valence-electron chi connectivity index (χ4n) is 4.87. The molecule has 208 valence electrons. The molecule has 1 saturated heterocycles. The maximum absolute atomic E-state index is 13.7. The summed E-state index contributed by atoms with van der Waals surface area (Å²) in [6.45, 7) is 4.93. The maximum atomic E-state index is 13.7. The van der Waals surface area contributed by atoms with Crippen LogP contribution in [0.25, 0.3) is 11.3 Å². The fourth-order valence-corrected chi connectivity index (χ4v) is 5.58. The van der Waals surface area contributed by atoms with Gasteiger partial charge in [0.25, 0.3) is 0 Å². The Kier molecular flexibility index (Phi) is 9.49. The van der Waals surface area contributed by atoms with Crippen molar-refractivity contribution in [1.29, 1.82) is 0 Å². The standard InChI is InChI=1S/C31H32F2N4O2S/c32-27-12-11-25(21-28(27)33)29-22-40-30(34-29)35-31(38)37(16-15-36-17-19-39-20-18-36)14-13-26(23-7-3-1-4-8-23)24-9-5-2-6-10-24/h1-12,21-22,26H,13-20H2,(H,34,35,38). The van der Waals surface area contributed by atoms with Crippen molar-refractivity contribution in [2.75, 3.05) is 51.3 Å². The Morgan fingerprint density at radius 2 is 1.62 bits per heavy atom. The summed E-state index contributed by atoms with van der Waals surface area (Å²) in [6, 6.07) is 24.1. The third kappa shape index (κ3) is 7.29. The van der Waals surface area contributed by atoms with Crippen LogP contribution in [0.1, 0.15) is 23.5 Å². The second kappa shape index (κ2) is 13.6. The van der Waals surface area contributed by atoms with Gasteiger partial charge in [-0.2, -0.15) is 0 Å². The van der Waals surface area contributed by atoms with Gasteiger partial charge in [-0.15, -0.1) is 11.3 Å². The fraction of sp³-hybridized carbons (Fsp3) is 0.290. The Labute approximate surface area is 237 Å². The molecule has 1 aliphatic heterocycles. The molecule has 1 fully saturated rings. The molecule has 9 heteroatoms. The van der Waals surface area contributed by atoms with Crippen LogP contribution in [-0.2, 0) is 4.74 Å². The summed E-state index contributed by atoms with van der Waals surface area (Å²) in [7, 11) is 0. The van der Waals surface area contributed by atoms with E-state index in [2.05, 4.69) is 39.5 Å². The molecule has 40 heavy (non-hydrogen) atoms. The van der Waals surface area contributed by atoms with Crippen LogP contribution in [0.5, 0.6) is 0 Å². The van der Waals surface area contributed by atoms with Crippen molar-refractivity contribution in [3.8, 4) is 11.3 Å². The highest BCUT2D eigenvalue weighted by Crippen LogP contribution is 2.29. The minimum atomic E-state index is -0.934. The normalized spacial score (nSPS) is 13.9. The molecular weight excluding hydrogens is 530 g/mol. The molecule has 0 unspecified atom stereocenters. The van der Waals surface area contributed by atoms with Gasteiger partial charge >= 0.3 is 6.03 Å². The van der Waals surface area contributed by atoms with Crippen LogP contribution < -0.4 is 5.32 Å². The number of benzene rings is 3. The molecule has 3 aromatic carbocycles. The zero-order chi connectivity index (χ0) is 27.7. The summed E-state index contributed by atoms with van der Waals surface area (Å²) in [5, 5.41) is 5.06. The summed E-state index contributed by atoms with van der Waals surface area (Å²) in [4.78, 5) is 22.1. The van der Waals surface area contributed by atoms with Gasteiger partial charge in [0.05, 0.1) is 18.9 Å². The maximum Gasteiger partial charge on any atom is 0.323 e. The molecule has 0 bridgehead atoms. The van der Waals surface area contributed by atoms with Gasteiger partial charge in [-0.3, -0.25) is 10.2 Å². The Balaban J connectivity index is 1.31.